The van der Waals surface area contributed by atoms with Gasteiger partial charge in [0.05, 0.1) is 5.69 Å². The molecule has 2 nitrogen and oxygen atoms in total. The first-order valence-electron chi connectivity index (χ1n) is 6.25. The normalized spacial score (nSPS) is 15.0. The van der Waals surface area contributed by atoms with Crippen molar-refractivity contribution in [3.05, 3.63) is 29.8 Å². The van der Waals surface area contributed by atoms with Crippen molar-refractivity contribution < 1.29 is 62.3 Å². The fourth-order valence-electron chi connectivity index (χ4n) is 1.70. The van der Waals surface area contributed by atoms with Crippen LogP contribution in [0.3, 0.4) is 0 Å². The predicted molar refractivity (Wildman–Crippen MR) is 61.6 cm³/mol. The molecule has 0 heterocycles. The van der Waals surface area contributed by atoms with Crippen molar-refractivity contribution in [1.82, 2.24) is 0 Å². The summed E-state index contributed by atoms with van der Waals surface area (Å²) in [5.41, 5.74) is -1.28. The van der Waals surface area contributed by atoms with Crippen LogP contribution >= 0.6 is 0 Å². The maximum atomic E-state index is 13.7. The molecule has 1 rings (SSSR count). The molecule has 27 heavy (non-hydrogen) atoms. The molecule has 0 aromatic heterocycles. The Morgan fingerprint density at radius 2 is 0.926 bits per heavy atom. The first kappa shape index (κ1) is 23.1. The molecule has 0 atom stereocenters. The van der Waals surface area contributed by atoms with Gasteiger partial charge in [0.15, 0.2) is 0 Å². The molecule has 0 saturated carbocycles. The Morgan fingerprint density at radius 3 is 1.26 bits per heavy atom. The fraction of sp³-hybridized carbons (Fsp3) is 0.500. The van der Waals surface area contributed by atoms with Gasteiger partial charge in [-0.05, 0) is 12.1 Å². The lowest BCUT2D eigenvalue weighted by Gasteiger charge is -2.39. The van der Waals surface area contributed by atoms with Crippen molar-refractivity contribution in [1.29, 1.82) is 0 Å². The van der Waals surface area contributed by atoms with Crippen LogP contribution in [0, 0.1) is 0 Å². The number of alkyl halides is 13. The van der Waals surface area contributed by atoms with Gasteiger partial charge in [-0.3, -0.25) is 10.7 Å². The Kier molecular flexibility index (Phi) is 5.40. The minimum Gasteiger partial charge on any atom is -0.291 e. The van der Waals surface area contributed by atoms with E-state index in [1.165, 1.54) is 5.48 Å². The molecule has 2 N–H and O–H groups in total. The third-order valence-electron chi connectivity index (χ3n) is 3.31. The third-order valence-corrected chi connectivity index (χ3v) is 3.31. The fourth-order valence-corrected chi connectivity index (χ4v) is 1.70. The van der Waals surface area contributed by atoms with E-state index in [2.05, 4.69) is 0 Å². The van der Waals surface area contributed by atoms with Crippen molar-refractivity contribution >= 4 is 5.69 Å². The number of benzene rings is 1. The second-order valence-corrected chi connectivity index (χ2v) is 5.06. The number of rotatable bonds is 6. The lowest BCUT2D eigenvalue weighted by molar-refractivity contribution is -0.441. The lowest BCUT2D eigenvalue weighted by atomic mass is 9.90. The van der Waals surface area contributed by atoms with E-state index in [1.807, 2.05) is 0 Å². The number of halogens is 13. The third kappa shape index (κ3) is 3.14. The van der Waals surface area contributed by atoms with Gasteiger partial charge in [-0.2, -0.15) is 57.1 Å². The van der Waals surface area contributed by atoms with Crippen molar-refractivity contribution in [2.75, 3.05) is 5.48 Å². The molecular formula is C12H6F13NO. The minimum absolute atomic E-state index is 0.0808. The van der Waals surface area contributed by atoms with E-state index in [4.69, 9.17) is 5.21 Å². The van der Waals surface area contributed by atoms with Crippen molar-refractivity contribution in [3.63, 3.8) is 0 Å². The first-order chi connectivity index (χ1) is 11.8. The van der Waals surface area contributed by atoms with Crippen LogP contribution in [0.15, 0.2) is 24.3 Å². The summed E-state index contributed by atoms with van der Waals surface area (Å²) in [6, 6.07) is 0.588. The van der Waals surface area contributed by atoms with E-state index in [1.54, 1.807) is 0 Å². The molecular weight excluding hydrogens is 421 g/mol. The second-order valence-electron chi connectivity index (χ2n) is 5.06. The van der Waals surface area contributed by atoms with Crippen LogP contribution in [0.5, 0.6) is 0 Å². The standard InChI is InChI=1S/C12H6F13NO/c13-7(14,5-1-3-6(26-27)4-2-5)8(15,16)9(17,18)10(19,20)11(21,22)12(23,24)25/h1-4,26-27H. The monoisotopic (exact) mass is 427 g/mol. The number of nitrogens with one attached hydrogen (secondary N) is 1. The maximum absolute atomic E-state index is 13.7. The van der Waals surface area contributed by atoms with E-state index in [0.717, 1.165) is 0 Å². The lowest BCUT2D eigenvalue weighted by Crippen LogP contribution is -2.69. The zero-order valence-corrected chi connectivity index (χ0v) is 12.2. The molecule has 0 aliphatic rings. The van der Waals surface area contributed by atoms with E-state index >= 15 is 0 Å². The van der Waals surface area contributed by atoms with Gasteiger partial charge in [0.25, 0.3) is 0 Å². The zero-order valence-electron chi connectivity index (χ0n) is 12.2. The average molecular weight is 427 g/mol. The highest BCUT2D eigenvalue weighted by Gasteiger charge is 2.90. The number of hydrogen-bond donors (Lipinski definition) is 2. The van der Waals surface area contributed by atoms with Gasteiger partial charge in [0.1, 0.15) is 0 Å². The first-order valence-corrected chi connectivity index (χ1v) is 6.25. The maximum Gasteiger partial charge on any atom is 0.460 e. The van der Waals surface area contributed by atoms with E-state index < -0.39 is 47.0 Å². The second kappa shape index (κ2) is 6.31. The van der Waals surface area contributed by atoms with Crippen LogP contribution < -0.4 is 5.48 Å². The SMILES string of the molecule is ONc1ccc(C(F)(F)C(F)(F)C(F)(F)C(F)(F)C(F)(F)C(F)(F)F)cc1. The molecule has 0 amide bonds. The highest BCUT2D eigenvalue weighted by molar-refractivity contribution is 5.43. The highest BCUT2D eigenvalue weighted by Crippen LogP contribution is 2.62. The molecule has 0 radical (unpaired) electrons. The minimum atomic E-state index is -7.93. The van der Waals surface area contributed by atoms with Crippen molar-refractivity contribution in [2.24, 2.45) is 0 Å². The Labute approximate surface area is 140 Å². The van der Waals surface area contributed by atoms with E-state index in [-0.39, 0.29) is 12.1 Å². The Bertz CT molecular complexity index is 665. The molecule has 0 fully saturated rings. The summed E-state index contributed by atoms with van der Waals surface area (Å²) in [4.78, 5) is 0. The molecule has 1 aromatic carbocycles. The molecule has 156 valence electrons. The van der Waals surface area contributed by atoms with Crippen LogP contribution in [0.4, 0.5) is 62.8 Å². The number of hydrogen-bond acceptors (Lipinski definition) is 2. The predicted octanol–water partition coefficient (Wildman–Crippen LogP) is 5.68. The summed E-state index contributed by atoms with van der Waals surface area (Å²) in [5, 5.41) is 8.40. The quantitative estimate of drug-likeness (QED) is 0.452. The topological polar surface area (TPSA) is 32.3 Å². The smallest absolute Gasteiger partial charge is 0.291 e. The zero-order chi connectivity index (χ0) is 21.7. The van der Waals surface area contributed by atoms with Crippen LogP contribution in [-0.4, -0.2) is 35.1 Å². The van der Waals surface area contributed by atoms with Gasteiger partial charge in [0, 0.05) is 5.56 Å². The van der Waals surface area contributed by atoms with Gasteiger partial charge in [-0.15, -0.1) is 0 Å². The summed E-state index contributed by atoms with van der Waals surface area (Å²) in [7, 11) is 0. The van der Waals surface area contributed by atoms with Gasteiger partial charge in [0.2, 0.25) is 0 Å². The Morgan fingerprint density at radius 1 is 0.556 bits per heavy atom. The summed E-state index contributed by atoms with van der Waals surface area (Å²) >= 11 is 0. The molecule has 0 aliphatic carbocycles. The molecule has 0 aliphatic heterocycles. The van der Waals surface area contributed by atoms with Crippen LogP contribution in [-0.2, 0) is 5.92 Å². The molecule has 0 spiro atoms. The molecule has 1 aromatic rings. The van der Waals surface area contributed by atoms with Gasteiger partial charge >= 0.3 is 35.8 Å². The molecule has 0 saturated heterocycles. The number of anilines is 1. The van der Waals surface area contributed by atoms with Crippen molar-refractivity contribution in [3.8, 4) is 0 Å². The van der Waals surface area contributed by atoms with Gasteiger partial charge in [-0.1, -0.05) is 12.1 Å². The van der Waals surface area contributed by atoms with E-state index in [9.17, 15) is 57.1 Å². The van der Waals surface area contributed by atoms with E-state index in [0.29, 0.717) is 12.1 Å². The summed E-state index contributed by atoms with van der Waals surface area (Å²) in [6.07, 6.45) is -7.44. The Balaban J connectivity index is 3.52. The van der Waals surface area contributed by atoms with Crippen LogP contribution in [0.25, 0.3) is 0 Å². The van der Waals surface area contributed by atoms with Gasteiger partial charge < -0.3 is 0 Å². The largest absolute Gasteiger partial charge is 0.460 e. The van der Waals surface area contributed by atoms with Crippen molar-refractivity contribution in [2.45, 2.75) is 35.8 Å². The van der Waals surface area contributed by atoms with Crippen LogP contribution in [0.1, 0.15) is 5.56 Å². The highest BCUT2D eigenvalue weighted by atomic mass is 19.4. The average Bonchev–Trinajstić information content (AvgIpc) is 2.53. The van der Waals surface area contributed by atoms with Gasteiger partial charge in [-0.25, -0.2) is 0 Å². The Hall–Kier alpha value is -1.93. The molecule has 15 heteroatoms. The summed E-state index contributed by atoms with van der Waals surface area (Å²) < 4.78 is 168. The molecule has 0 unspecified atom stereocenters. The van der Waals surface area contributed by atoms with Crippen LogP contribution in [0.2, 0.25) is 0 Å². The molecule has 0 bridgehead atoms. The summed E-state index contributed by atoms with van der Waals surface area (Å²) in [5.74, 6) is -37.2. The summed E-state index contributed by atoms with van der Waals surface area (Å²) in [6.45, 7) is 0.